The van der Waals surface area contributed by atoms with E-state index in [-0.39, 0.29) is 6.05 Å². The van der Waals surface area contributed by atoms with Crippen molar-refractivity contribution < 1.29 is 12.6 Å². The fourth-order valence-corrected chi connectivity index (χ4v) is 0.187. The number of carboxylic acid groups (broad SMARTS) is 1. The first-order chi connectivity index (χ1) is 4.57. The predicted octanol–water partition coefficient (Wildman–Crippen LogP) is 1.20. The van der Waals surface area contributed by atoms with Crippen molar-refractivity contribution in [3.05, 3.63) is 24.3 Å². The van der Waals surface area contributed by atoms with Crippen LogP contribution < -0.4 is 0 Å². The van der Waals surface area contributed by atoms with Crippen molar-refractivity contribution in [2.75, 3.05) is 0 Å². The van der Waals surface area contributed by atoms with Gasteiger partial charge in [-0.15, -0.1) is 0 Å². The van der Waals surface area contributed by atoms with Crippen LogP contribution in [0.2, 0.25) is 0 Å². The number of carboxylic acids is 1. The second-order valence-corrected chi connectivity index (χ2v) is 1.05. The fourth-order valence-electron chi connectivity index (χ4n) is 0.187. The van der Waals surface area contributed by atoms with Crippen LogP contribution in [0.3, 0.4) is 0 Å². The van der Waals surface area contributed by atoms with Crippen LogP contribution in [0.5, 0.6) is 0 Å². The highest BCUT2D eigenvalue weighted by atomic mass is 16.4. The van der Waals surface area contributed by atoms with Gasteiger partial charge in [0, 0.05) is 6.05 Å². The first kappa shape index (κ1) is 3.89. The lowest BCUT2D eigenvalue weighted by Crippen LogP contribution is -1.83. The minimum Gasteiger partial charge on any atom is -0.478 e. The molecule has 0 saturated carbocycles. The molecule has 1 N–H and O–H groups in total. The summed E-state index contributed by atoms with van der Waals surface area (Å²) in [6.07, 6.45) is 2.39. The molecule has 0 aromatic heterocycles. The molecule has 8 heavy (non-hydrogen) atoms. The molecule has 0 saturated heterocycles. The molecule has 0 bridgehead atoms. The SMILES string of the molecule is [2H]C(=C\C)/C=C(\[2H])C(=O)O. The number of hydrogen-bond donors (Lipinski definition) is 1. The van der Waals surface area contributed by atoms with Gasteiger partial charge in [0.15, 0.2) is 0 Å². The highest BCUT2D eigenvalue weighted by molar-refractivity contribution is 5.80. The summed E-state index contributed by atoms with van der Waals surface area (Å²) in [5, 5.41) is 8.16. The minimum atomic E-state index is -1.31. The van der Waals surface area contributed by atoms with E-state index in [0.717, 1.165) is 6.08 Å². The molecule has 0 amide bonds. The van der Waals surface area contributed by atoms with E-state index in [1.165, 1.54) is 6.08 Å². The van der Waals surface area contributed by atoms with E-state index in [4.69, 9.17) is 7.85 Å². The van der Waals surface area contributed by atoms with Gasteiger partial charge in [0.25, 0.3) is 0 Å². The van der Waals surface area contributed by atoms with Gasteiger partial charge in [0.1, 0.15) is 0 Å². The molecule has 0 atom stereocenters. The van der Waals surface area contributed by atoms with Crippen molar-refractivity contribution >= 4 is 5.97 Å². The summed E-state index contributed by atoms with van der Waals surface area (Å²) in [6.45, 7) is 1.61. The van der Waals surface area contributed by atoms with Crippen LogP contribution in [-0.4, -0.2) is 11.1 Å². The van der Waals surface area contributed by atoms with Crippen molar-refractivity contribution in [1.82, 2.24) is 0 Å². The lowest BCUT2D eigenvalue weighted by Gasteiger charge is -1.72. The van der Waals surface area contributed by atoms with Crippen LogP contribution in [0.1, 0.15) is 9.67 Å². The van der Waals surface area contributed by atoms with Gasteiger partial charge in [0.05, 0.1) is 2.74 Å². The third kappa shape index (κ3) is 4.95. The molecular formula is C6H8O2. The van der Waals surface area contributed by atoms with Crippen molar-refractivity contribution in [2.45, 2.75) is 6.92 Å². The van der Waals surface area contributed by atoms with Gasteiger partial charge in [0.2, 0.25) is 0 Å². The summed E-state index contributed by atoms with van der Waals surface area (Å²) in [5.74, 6) is -1.31. The Labute approximate surface area is 51.0 Å². The molecule has 0 rings (SSSR count). The van der Waals surface area contributed by atoms with E-state index in [2.05, 4.69) is 0 Å². The molecule has 0 heterocycles. The third-order valence-electron chi connectivity index (χ3n) is 0.446. The minimum absolute atomic E-state index is 0.0346. The van der Waals surface area contributed by atoms with Crippen LogP contribution in [0, 0.1) is 0 Å². The summed E-state index contributed by atoms with van der Waals surface area (Å²) in [4.78, 5) is 9.98. The Morgan fingerprint density at radius 1 is 1.88 bits per heavy atom. The molecule has 0 radical (unpaired) electrons. The molecule has 0 unspecified atom stereocenters. The quantitative estimate of drug-likeness (QED) is 0.432. The van der Waals surface area contributed by atoms with E-state index in [9.17, 15) is 4.79 Å². The smallest absolute Gasteiger partial charge is 0.328 e. The van der Waals surface area contributed by atoms with E-state index in [1.807, 2.05) is 0 Å². The Kier molecular flexibility index (Phi) is 2.00. The Bertz CT molecular complexity index is 194. The van der Waals surface area contributed by atoms with Gasteiger partial charge in [-0.05, 0) is 6.92 Å². The highest BCUT2D eigenvalue weighted by Crippen LogP contribution is 1.74. The molecule has 0 aromatic rings. The standard InChI is InChI=1S/C6H8O2/c1-2-3-4-5-6(7)8/h2-5H,1H3,(H,7,8)/b3-2+,5-4+/i3D,5D. The van der Waals surface area contributed by atoms with Crippen LogP contribution in [0.4, 0.5) is 0 Å². The maximum atomic E-state index is 9.98. The monoisotopic (exact) mass is 114 g/mol. The predicted molar refractivity (Wildman–Crippen MR) is 31.6 cm³/mol. The zero-order chi connectivity index (χ0) is 8.15. The van der Waals surface area contributed by atoms with Crippen LogP contribution >= 0.6 is 0 Å². The molecule has 0 aromatic carbocycles. The van der Waals surface area contributed by atoms with Gasteiger partial charge < -0.3 is 5.11 Å². The van der Waals surface area contributed by atoms with Crippen molar-refractivity contribution in [1.29, 1.82) is 0 Å². The largest absolute Gasteiger partial charge is 0.478 e. The van der Waals surface area contributed by atoms with Crippen LogP contribution in [0.15, 0.2) is 24.3 Å². The Morgan fingerprint density at radius 2 is 2.50 bits per heavy atom. The number of allylic oxidation sites excluding steroid dienone is 3. The maximum Gasteiger partial charge on any atom is 0.328 e. The van der Waals surface area contributed by atoms with E-state index < -0.39 is 12.0 Å². The normalized spacial score (nSPS) is 17.1. The molecule has 2 nitrogen and oxygen atoms in total. The van der Waals surface area contributed by atoms with Crippen molar-refractivity contribution in [3.8, 4) is 0 Å². The second kappa shape index (κ2) is 4.12. The summed E-state index contributed by atoms with van der Waals surface area (Å²) in [7, 11) is 0. The second-order valence-electron chi connectivity index (χ2n) is 1.05. The Morgan fingerprint density at radius 3 is 2.88 bits per heavy atom. The van der Waals surface area contributed by atoms with Crippen molar-refractivity contribution in [3.63, 3.8) is 0 Å². The number of hydrogen-bond acceptors (Lipinski definition) is 1. The average Bonchev–Trinajstić information content (AvgIpc) is 1.87. The van der Waals surface area contributed by atoms with Gasteiger partial charge in [-0.1, -0.05) is 18.2 Å². The molecule has 44 valence electrons. The Hall–Kier alpha value is -1.05. The van der Waals surface area contributed by atoms with E-state index >= 15 is 0 Å². The fraction of sp³-hybridized carbons (Fsp3) is 0.167. The van der Waals surface area contributed by atoms with E-state index in [1.54, 1.807) is 6.92 Å². The highest BCUT2D eigenvalue weighted by Gasteiger charge is 1.78. The number of rotatable bonds is 2. The molecule has 0 fully saturated rings. The van der Waals surface area contributed by atoms with Gasteiger partial charge in [-0.3, -0.25) is 0 Å². The van der Waals surface area contributed by atoms with E-state index in [0.29, 0.717) is 0 Å². The molecular weight excluding hydrogens is 104 g/mol. The lowest BCUT2D eigenvalue weighted by atomic mass is 10.4. The van der Waals surface area contributed by atoms with Gasteiger partial charge in [-0.25, -0.2) is 4.79 Å². The maximum absolute atomic E-state index is 9.98. The van der Waals surface area contributed by atoms with Crippen LogP contribution in [-0.2, 0) is 4.79 Å². The molecule has 0 aliphatic carbocycles. The summed E-state index contributed by atoms with van der Waals surface area (Å²) >= 11 is 0. The summed E-state index contributed by atoms with van der Waals surface area (Å²) in [6, 6.07) is -0.532. The first-order valence-electron chi connectivity index (χ1n) is 3.12. The lowest BCUT2D eigenvalue weighted by molar-refractivity contribution is -0.131. The van der Waals surface area contributed by atoms with Crippen molar-refractivity contribution in [2.24, 2.45) is 0 Å². The molecule has 0 aliphatic rings. The zero-order valence-electron chi connectivity index (χ0n) is 6.51. The zero-order valence-corrected chi connectivity index (χ0v) is 4.51. The van der Waals surface area contributed by atoms with Crippen LogP contribution in [0.25, 0.3) is 0 Å². The third-order valence-corrected chi connectivity index (χ3v) is 0.446. The van der Waals surface area contributed by atoms with Gasteiger partial charge in [-0.2, -0.15) is 0 Å². The molecule has 0 spiro atoms. The Balaban J connectivity index is 4.31. The number of carbonyl (C=O) groups is 1. The topological polar surface area (TPSA) is 37.3 Å². The number of aliphatic carboxylic acids is 1. The summed E-state index contributed by atoms with van der Waals surface area (Å²) in [5.41, 5.74) is 0. The molecule has 0 aliphatic heterocycles. The summed E-state index contributed by atoms with van der Waals surface area (Å²) < 4.78 is 13.7. The first-order valence-corrected chi connectivity index (χ1v) is 2.12. The average molecular weight is 114 g/mol. The van der Waals surface area contributed by atoms with Gasteiger partial charge >= 0.3 is 5.97 Å². The molecule has 2 heteroatoms.